The molecule has 2 aromatic rings. The van der Waals surface area contributed by atoms with Crippen molar-refractivity contribution in [2.45, 2.75) is 26.2 Å². The molecule has 0 saturated heterocycles. The molecule has 0 aromatic heterocycles. The maximum Gasteiger partial charge on any atom is 0.339 e. The van der Waals surface area contributed by atoms with Gasteiger partial charge in [0.2, 0.25) is 0 Å². The van der Waals surface area contributed by atoms with Gasteiger partial charge in [0, 0.05) is 19.5 Å². The Morgan fingerprint density at radius 1 is 1.07 bits per heavy atom. The third kappa shape index (κ3) is 5.02. The lowest BCUT2D eigenvalue weighted by atomic mass is 9.99. The van der Waals surface area contributed by atoms with Crippen LogP contribution in [0.2, 0.25) is 0 Å². The summed E-state index contributed by atoms with van der Waals surface area (Å²) in [7, 11) is 1.36. The number of fused-ring (bicyclic) bond motifs is 1. The normalized spacial score (nSPS) is 12.4. The van der Waals surface area contributed by atoms with Gasteiger partial charge in [0.1, 0.15) is 5.78 Å². The van der Waals surface area contributed by atoms with Crippen molar-refractivity contribution in [1.82, 2.24) is 0 Å². The largest absolute Gasteiger partial charge is 0.465 e. The minimum Gasteiger partial charge on any atom is -0.465 e. The number of ketones is 1. The van der Waals surface area contributed by atoms with Crippen molar-refractivity contribution < 1.29 is 23.9 Å². The first-order chi connectivity index (χ1) is 14.0. The topological polar surface area (TPSA) is 72.9 Å². The summed E-state index contributed by atoms with van der Waals surface area (Å²) in [6.07, 6.45) is 1.75. The van der Waals surface area contributed by atoms with E-state index in [1.807, 2.05) is 12.1 Å². The third-order valence-electron chi connectivity index (χ3n) is 4.89. The average Bonchev–Trinajstić information content (AvgIpc) is 3.12. The van der Waals surface area contributed by atoms with E-state index in [2.05, 4.69) is 4.90 Å². The van der Waals surface area contributed by atoms with Crippen LogP contribution >= 0.6 is 0 Å². The second-order valence-corrected chi connectivity index (χ2v) is 7.11. The van der Waals surface area contributed by atoms with Gasteiger partial charge in [-0.1, -0.05) is 24.3 Å². The van der Waals surface area contributed by atoms with E-state index in [-0.39, 0.29) is 11.8 Å². The zero-order valence-electron chi connectivity index (χ0n) is 16.8. The van der Waals surface area contributed by atoms with Crippen LogP contribution in [0.5, 0.6) is 0 Å². The number of ether oxygens (including phenoxy) is 2. The molecule has 6 nitrogen and oxygen atoms in total. The average molecular weight is 395 g/mol. The van der Waals surface area contributed by atoms with Crippen molar-refractivity contribution in [1.29, 1.82) is 0 Å². The number of benzene rings is 2. The number of methoxy groups -OCH3 is 1. The summed E-state index contributed by atoms with van der Waals surface area (Å²) in [5, 5.41) is 0. The smallest absolute Gasteiger partial charge is 0.339 e. The minimum absolute atomic E-state index is 0.0517. The maximum absolute atomic E-state index is 12.3. The number of rotatable bonds is 8. The van der Waals surface area contributed by atoms with E-state index in [9.17, 15) is 14.4 Å². The van der Waals surface area contributed by atoms with Crippen LogP contribution in [0.15, 0.2) is 42.5 Å². The van der Waals surface area contributed by atoms with Crippen LogP contribution in [0.4, 0.5) is 5.69 Å². The van der Waals surface area contributed by atoms with E-state index in [0.717, 1.165) is 29.8 Å². The number of nitrogens with zero attached hydrogens (tertiary/aromatic N) is 1. The Balaban J connectivity index is 1.65. The molecule has 1 aliphatic heterocycles. The molecule has 0 unspecified atom stereocenters. The highest BCUT2D eigenvalue weighted by atomic mass is 16.5. The van der Waals surface area contributed by atoms with Gasteiger partial charge in [-0.05, 0) is 49.1 Å². The molecule has 0 fully saturated rings. The molecule has 0 radical (unpaired) electrons. The highest BCUT2D eigenvalue weighted by Gasteiger charge is 2.27. The first-order valence-electron chi connectivity index (χ1n) is 9.70. The number of Topliss-reactive ketones (excluding diaryl/α,β-unsaturated/α-hetero) is 1. The molecule has 2 aromatic carbocycles. The quantitative estimate of drug-likeness (QED) is 0.505. The molecule has 0 bridgehead atoms. The van der Waals surface area contributed by atoms with Crippen molar-refractivity contribution >= 4 is 23.4 Å². The fraction of sp³-hybridized carbons (Fsp3) is 0.348. The molecule has 29 heavy (non-hydrogen) atoms. The van der Waals surface area contributed by atoms with Crippen molar-refractivity contribution in [2.24, 2.45) is 0 Å². The summed E-state index contributed by atoms with van der Waals surface area (Å²) in [4.78, 5) is 38.0. The van der Waals surface area contributed by atoms with Crippen molar-refractivity contribution in [3.05, 3.63) is 64.7 Å². The summed E-state index contributed by atoms with van der Waals surface area (Å²) in [6.45, 7) is 3.27. The third-order valence-corrected chi connectivity index (χ3v) is 4.89. The predicted octanol–water partition coefficient (Wildman–Crippen LogP) is 3.21. The molecule has 0 spiro atoms. The standard InChI is InChI=1S/C23H25NO5/c1-16(25)13-17-14-19-9-11-24(21(19)20(15-17)23(27)28-2)10-6-12-29-22(26)18-7-4-3-5-8-18/h3-5,7-8,14-15H,6,9-13H2,1-2H3. The second kappa shape index (κ2) is 9.37. The SMILES string of the molecule is COC(=O)c1cc(CC(C)=O)cc2c1N(CCCOC(=O)c1ccccc1)CC2. The molecular formula is C23H25NO5. The Bertz CT molecular complexity index is 907. The van der Waals surface area contributed by atoms with Gasteiger partial charge in [-0.2, -0.15) is 0 Å². The van der Waals surface area contributed by atoms with Gasteiger partial charge in [-0.3, -0.25) is 4.79 Å². The summed E-state index contributed by atoms with van der Waals surface area (Å²) in [5.41, 5.74) is 3.75. The monoisotopic (exact) mass is 395 g/mol. The number of esters is 2. The lowest BCUT2D eigenvalue weighted by molar-refractivity contribution is -0.116. The van der Waals surface area contributed by atoms with E-state index >= 15 is 0 Å². The Morgan fingerprint density at radius 3 is 2.52 bits per heavy atom. The predicted molar refractivity (Wildman–Crippen MR) is 109 cm³/mol. The zero-order valence-corrected chi connectivity index (χ0v) is 16.8. The molecule has 1 heterocycles. The summed E-state index contributed by atoms with van der Waals surface area (Å²) in [6, 6.07) is 12.6. The Morgan fingerprint density at radius 2 is 1.83 bits per heavy atom. The zero-order chi connectivity index (χ0) is 20.8. The number of hydrogen-bond acceptors (Lipinski definition) is 6. The van der Waals surface area contributed by atoms with Crippen LogP contribution in [0, 0.1) is 0 Å². The first kappa shape index (κ1) is 20.6. The highest BCUT2D eigenvalue weighted by molar-refractivity contribution is 5.98. The highest BCUT2D eigenvalue weighted by Crippen LogP contribution is 2.34. The number of hydrogen-bond donors (Lipinski definition) is 0. The first-order valence-corrected chi connectivity index (χ1v) is 9.70. The minimum atomic E-state index is -0.408. The van der Waals surface area contributed by atoms with Crippen molar-refractivity contribution in [3.8, 4) is 0 Å². The fourth-order valence-electron chi connectivity index (χ4n) is 3.65. The second-order valence-electron chi connectivity index (χ2n) is 7.11. The molecule has 1 aliphatic rings. The Kier molecular flexibility index (Phi) is 6.65. The number of carbonyl (C=O) groups is 3. The number of carbonyl (C=O) groups excluding carboxylic acids is 3. The molecule has 0 saturated carbocycles. The summed E-state index contributed by atoms with van der Waals surface area (Å²) < 4.78 is 10.3. The van der Waals surface area contributed by atoms with Crippen molar-refractivity contribution in [2.75, 3.05) is 31.7 Å². The fourth-order valence-corrected chi connectivity index (χ4v) is 3.65. The van der Waals surface area contributed by atoms with Crippen molar-refractivity contribution in [3.63, 3.8) is 0 Å². The maximum atomic E-state index is 12.3. The van der Waals surface area contributed by atoms with Gasteiger partial charge in [-0.25, -0.2) is 9.59 Å². The van der Waals surface area contributed by atoms with E-state index in [4.69, 9.17) is 9.47 Å². The molecular weight excluding hydrogens is 370 g/mol. The van der Waals surface area contributed by atoms with E-state index in [1.165, 1.54) is 14.0 Å². The Hall–Kier alpha value is -3.15. The van der Waals surface area contributed by atoms with E-state index < -0.39 is 5.97 Å². The van der Waals surface area contributed by atoms with E-state index in [0.29, 0.717) is 37.1 Å². The van der Waals surface area contributed by atoms with Crippen LogP contribution < -0.4 is 4.90 Å². The molecule has 0 amide bonds. The van der Waals surface area contributed by atoms with Gasteiger partial charge in [0.05, 0.1) is 30.5 Å². The molecule has 0 atom stereocenters. The van der Waals surface area contributed by atoms with E-state index in [1.54, 1.807) is 30.3 Å². The summed E-state index contributed by atoms with van der Waals surface area (Å²) in [5.74, 6) is -0.693. The van der Waals surface area contributed by atoms with Gasteiger partial charge < -0.3 is 14.4 Å². The van der Waals surface area contributed by atoms with Gasteiger partial charge >= 0.3 is 11.9 Å². The number of anilines is 1. The molecule has 3 rings (SSSR count). The van der Waals surface area contributed by atoms with Crippen LogP contribution in [0.1, 0.15) is 45.2 Å². The lowest BCUT2D eigenvalue weighted by Gasteiger charge is -2.22. The van der Waals surface area contributed by atoms with Crippen LogP contribution in [-0.4, -0.2) is 44.5 Å². The van der Waals surface area contributed by atoms with Crippen LogP contribution in [-0.2, 0) is 27.1 Å². The lowest BCUT2D eigenvalue weighted by Crippen LogP contribution is -2.25. The van der Waals surface area contributed by atoms with Gasteiger partial charge in [0.15, 0.2) is 0 Å². The Labute approximate surface area is 170 Å². The summed E-state index contributed by atoms with van der Waals surface area (Å²) >= 11 is 0. The van der Waals surface area contributed by atoms with Gasteiger partial charge in [0.25, 0.3) is 0 Å². The van der Waals surface area contributed by atoms with Gasteiger partial charge in [-0.15, -0.1) is 0 Å². The molecule has 152 valence electrons. The van der Waals surface area contributed by atoms with Crippen LogP contribution in [0.3, 0.4) is 0 Å². The van der Waals surface area contributed by atoms with Crippen LogP contribution in [0.25, 0.3) is 0 Å². The molecule has 0 aliphatic carbocycles. The molecule has 0 N–H and O–H groups in total. The molecule has 6 heteroatoms.